The Bertz CT molecular complexity index is 1180. The topological polar surface area (TPSA) is 66.8 Å². The molecule has 0 heterocycles. The van der Waals surface area contributed by atoms with Crippen LogP contribution in [0.5, 0.6) is 11.5 Å². The molecule has 0 unspecified atom stereocenters. The first-order valence-electron chi connectivity index (χ1n) is 11.1. The molecular formula is C26H32FO4P. The van der Waals surface area contributed by atoms with Gasteiger partial charge < -0.3 is 14.5 Å². The van der Waals surface area contributed by atoms with E-state index in [9.17, 15) is 14.4 Å². The summed E-state index contributed by atoms with van der Waals surface area (Å²) in [6.45, 7) is 9.74. The number of halogens is 1. The molecule has 0 radical (unpaired) electrons. The second kappa shape index (κ2) is 9.74. The summed E-state index contributed by atoms with van der Waals surface area (Å²) in [4.78, 5) is 19.7. The number of aryl methyl sites for hydroxylation is 3. The Balaban J connectivity index is 2.03. The summed E-state index contributed by atoms with van der Waals surface area (Å²) in [5, 5.41) is 0.951. The number of hydrogen-bond acceptors (Lipinski definition) is 2. The molecule has 0 aliphatic rings. The third kappa shape index (κ3) is 5.06. The summed E-state index contributed by atoms with van der Waals surface area (Å²) in [6.07, 6.45) is 4.15. The van der Waals surface area contributed by atoms with Crippen LogP contribution in [0.4, 0.5) is 4.39 Å². The Labute approximate surface area is 189 Å². The van der Waals surface area contributed by atoms with Crippen molar-refractivity contribution in [3.63, 3.8) is 0 Å². The van der Waals surface area contributed by atoms with Crippen molar-refractivity contribution in [3.05, 3.63) is 64.5 Å². The zero-order chi connectivity index (χ0) is 23.6. The lowest BCUT2D eigenvalue weighted by atomic mass is 9.95. The van der Waals surface area contributed by atoms with Crippen LogP contribution in [-0.4, -0.2) is 9.79 Å². The van der Waals surface area contributed by atoms with Gasteiger partial charge in [0.2, 0.25) is 0 Å². The molecule has 0 spiro atoms. The first-order valence-corrected chi connectivity index (χ1v) is 12.7. The van der Waals surface area contributed by atoms with Gasteiger partial charge in [0.05, 0.1) is 5.30 Å². The van der Waals surface area contributed by atoms with Crippen LogP contribution in [0.1, 0.15) is 55.4 Å². The van der Waals surface area contributed by atoms with E-state index in [2.05, 4.69) is 13.8 Å². The maximum atomic E-state index is 15.3. The van der Waals surface area contributed by atoms with Gasteiger partial charge in [-0.1, -0.05) is 51.0 Å². The summed E-state index contributed by atoms with van der Waals surface area (Å²) in [6, 6.07) is 10.3. The van der Waals surface area contributed by atoms with Crippen LogP contribution >= 0.6 is 7.60 Å². The van der Waals surface area contributed by atoms with Crippen LogP contribution in [0.2, 0.25) is 0 Å². The third-order valence-electron chi connectivity index (χ3n) is 6.16. The third-order valence-corrected chi connectivity index (χ3v) is 7.16. The highest BCUT2D eigenvalue weighted by Crippen LogP contribution is 2.43. The Morgan fingerprint density at radius 3 is 2.44 bits per heavy atom. The van der Waals surface area contributed by atoms with Gasteiger partial charge in [0.25, 0.3) is 0 Å². The highest BCUT2D eigenvalue weighted by atomic mass is 31.2. The quantitative estimate of drug-likeness (QED) is 0.362. The number of rotatable bonds is 8. The van der Waals surface area contributed by atoms with E-state index in [1.807, 2.05) is 19.1 Å². The Hall–Kier alpha value is -2.20. The fraction of sp³-hybridized carbons (Fsp3) is 0.385. The van der Waals surface area contributed by atoms with Gasteiger partial charge in [0, 0.05) is 10.8 Å². The van der Waals surface area contributed by atoms with Gasteiger partial charge in [-0.05, 0) is 73.9 Å². The molecule has 0 aromatic heterocycles. The highest BCUT2D eigenvalue weighted by molar-refractivity contribution is 7.60. The van der Waals surface area contributed by atoms with E-state index in [0.717, 1.165) is 30.4 Å². The molecule has 0 bridgehead atoms. The lowest BCUT2D eigenvalue weighted by Crippen LogP contribution is -2.09. The zero-order valence-electron chi connectivity index (χ0n) is 19.4. The molecule has 0 saturated carbocycles. The minimum absolute atomic E-state index is 0.0470. The van der Waals surface area contributed by atoms with Gasteiger partial charge in [-0.15, -0.1) is 0 Å². The summed E-state index contributed by atoms with van der Waals surface area (Å²) < 4.78 is 33.4. The summed E-state index contributed by atoms with van der Waals surface area (Å²) in [5.41, 5.74) is 2.90. The number of ether oxygens (including phenoxy) is 1. The van der Waals surface area contributed by atoms with Crippen molar-refractivity contribution in [2.45, 2.75) is 60.3 Å². The molecule has 2 N–H and O–H groups in total. The summed E-state index contributed by atoms with van der Waals surface area (Å²) >= 11 is 0. The van der Waals surface area contributed by atoms with E-state index in [-0.39, 0.29) is 11.1 Å². The van der Waals surface area contributed by atoms with Crippen LogP contribution in [0, 0.1) is 32.5 Å². The molecule has 0 amide bonds. The van der Waals surface area contributed by atoms with Crippen molar-refractivity contribution < 1.29 is 23.5 Å². The van der Waals surface area contributed by atoms with Gasteiger partial charge in [0.15, 0.2) is 11.6 Å². The molecule has 3 aromatic carbocycles. The van der Waals surface area contributed by atoms with Crippen LogP contribution in [-0.2, 0) is 11.0 Å². The highest BCUT2D eigenvalue weighted by Gasteiger charge is 2.25. The van der Waals surface area contributed by atoms with Crippen molar-refractivity contribution in [2.75, 3.05) is 0 Å². The summed E-state index contributed by atoms with van der Waals surface area (Å²) in [5.74, 6) is 0.733. The van der Waals surface area contributed by atoms with Gasteiger partial charge in [-0.25, -0.2) is 4.39 Å². The molecule has 6 heteroatoms. The minimum atomic E-state index is -4.49. The predicted octanol–water partition coefficient (Wildman–Crippen LogP) is 6.87. The minimum Gasteiger partial charge on any atom is -0.453 e. The fourth-order valence-corrected chi connectivity index (χ4v) is 5.16. The molecule has 32 heavy (non-hydrogen) atoms. The second-order valence-corrected chi connectivity index (χ2v) is 10.3. The van der Waals surface area contributed by atoms with E-state index >= 15 is 4.39 Å². The molecule has 172 valence electrons. The van der Waals surface area contributed by atoms with Crippen LogP contribution in [0.25, 0.3) is 10.8 Å². The molecule has 4 nitrogen and oxygen atoms in total. The molecule has 3 aromatic rings. The Kier molecular flexibility index (Phi) is 7.44. The van der Waals surface area contributed by atoms with E-state index in [1.165, 1.54) is 12.5 Å². The van der Waals surface area contributed by atoms with Gasteiger partial charge in [-0.3, -0.25) is 4.57 Å². The standard InChI is InChI=1S/C26H32FO4P/c1-6-8-16(2)11-12-20-13-14-22(25(27)19(20)5)31-26-18(4)15-23(32(28,29)30)21-10-7-9-17(3)24(21)26/h7,9-10,13-16H,6,8,11-12H2,1-5H3,(H2,28,29,30)/t16-/m1/s1. The zero-order valence-corrected chi connectivity index (χ0v) is 20.3. The van der Waals surface area contributed by atoms with Crippen LogP contribution in [0.15, 0.2) is 36.4 Å². The maximum absolute atomic E-state index is 15.3. The normalized spacial score (nSPS) is 12.9. The molecular weight excluding hydrogens is 426 g/mol. The SMILES string of the molecule is CCC[C@@H](C)CCc1ccc(Oc2c(C)cc(P(=O)(O)O)c3cccc(C)c23)c(F)c1C. The van der Waals surface area contributed by atoms with Crippen LogP contribution < -0.4 is 10.0 Å². The number of hydrogen-bond donors (Lipinski definition) is 2. The van der Waals surface area contributed by atoms with Crippen molar-refractivity contribution in [1.82, 2.24) is 0 Å². The van der Waals surface area contributed by atoms with Gasteiger partial charge in [0.1, 0.15) is 5.75 Å². The molecule has 0 saturated heterocycles. The number of fused-ring (bicyclic) bond motifs is 1. The van der Waals surface area contributed by atoms with E-state index < -0.39 is 13.4 Å². The molecule has 3 rings (SSSR count). The lowest BCUT2D eigenvalue weighted by Gasteiger charge is -2.19. The molecule has 0 aliphatic heterocycles. The Morgan fingerprint density at radius 1 is 1.06 bits per heavy atom. The van der Waals surface area contributed by atoms with Crippen molar-refractivity contribution in [2.24, 2.45) is 5.92 Å². The monoisotopic (exact) mass is 458 g/mol. The Morgan fingerprint density at radius 2 is 1.78 bits per heavy atom. The first-order chi connectivity index (χ1) is 15.0. The van der Waals surface area contributed by atoms with Gasteiger partial charge in [-0.2, -0.15) is 0 Å². The van der Waals surface area contributed by atoms with Crippen molar-refractivity contribution in [1.29, 1.82) is 0 Å². The molecule has 0 fully saturated rings. The fourth-order valence-electron chi connectivity index (χ4n) is 4.30. The first kappa shape index (κ1) is 24.4. The molecule has 0 aliphatic carbocycles. The van der Waals surface area contributed by atoms with Crippen molar-refractivity contribution in [3.8, 4) is 11.5 Å². The lowest BCUT2D eigenvalue weighted by molar-refractivity contribution is 0.387. The van der Waals surface area contributed by atoms with E-state index in [1.54, 1.807) is 32.0 Å². The molecule has 1 atom stereocenters. The maximum Gasteiger partial charge on any atom is 0.356 e. The second-order valence-electron chi connectivity index (χ2n) is 8.78. The van der Waals surface area contributed by atoms with E-state index in [0.29, 0.717) is 33.6 Å². The summed E-state index contributed by atoms with van der Waals surface area (Å²) in [7, 11) is -4.49. The average Bonchev–Trinajstić information content (AvgIpc) is 2.72. The number of benzene rings is 3. The smallest absolute Gasteiger partial charge is 0.356 e. The predicted molar refractivity (Wildman–Crippen MR) is 129 cm³/mol. The largest absolute Gasteiger partial charge is 0.453 e. The van der Waals surface area contributed by atoms with Gasteiger partial charge >= 0.3 is 7.60 Å². The van der Waals surface area contributed by atoms with E-state index in [4.69, 9.17) is 4.74 Å². The van der Waals surface area contributed by atoms with Crippen molar-refractivity contribution >= 4 is 23.7 Å². The average molecular weight is 459 g/mol. The van der Waals surface area contributed by atoms with Crippen LogP contribution in [0.3, 0.4) is 0 Å².